The number of halogens is 4. The van der Waals surface area contributed by atoms with Gasteiger partial charge in [0.05, 0.1) is 11.2 Å². The molecule has 1 aliphatic heterocycles. The van der Waals surface area contributed by atoms with Gasteiger partial charge >= 0.3 is 0 Å². The standard InChI is InChI=1S/C20H19ClF3N5O2/c1-20(23,24)9-30-14-4-2-12(17(22)16(14)21)28-19-18-13(26-10-27-19)3-5-15(29-18)31-11-6-7-25-8-11/h2-5,10-11,25H,6-9H2,1H3,(H,26,27,28)/t11-/m0/s1. The van der Waals surface area contributed by atoms with Crippen LogP contribution in [0, 0.1) is 5.82 Å². The molecular formula is C20H19ClF3N5O2. The van der Waals surface area contributed by atoms with E-state index in [2.05, 4.69) is 25.6 Å². The molecule has 1 aliphatic rings. The van der Waals surface area contributed by atoms with Gasteiger partial charge in [0, 0.05) is 19.5 Å². The maximum atomic E-state index is 14.8. The van der Waals surface area contributed by atoms with Gasteiger partial charge in [0.2, 0.25) is 5.88 Å². The number of hydrogen-bond acceptors (Lipinski definition) is 7. The Balaban J connectivity index is 1.59. The average Bonchev–Trinajstić information content (AvgIpc) is 3.23. The number of hydrogen-bond donors (Lipinski definition) is 2. The van der Waals surface area contributed by atoms with E-state index in [-0.39, 0.29) is 23.4 Å². The van der Waals surface area contributed by atoms with Crippen molar-refractivity contribution in [1.29, 1.82) is 0 Å². The van der Waals surface area contributed by atoms with Gasteiger partial charge in [0.15, 0.2) is 18.2 Å². The minimum absolute atomic E-state index is 0.0188. The second-order valence-corrected chi connectivity index (χ2v) is 7.57. The Kier molecular flexibility index (Phi) is 6.01. The summed E-state index contributed by atoms with van der Waals surface area (Å²) < 4.78 is 51.6. The van der Waals surface area contributed by atoms with Gasteiger partial charge in [-0.1, -0.05) is 11.6 Å². The zero-order valence-corrected chi connectivity index (χ0v) is 17.2. The molecule has 0 bridgehead atoms. The molecule has 1 aromatic carbocycles. The molecule has 7 nitrogen and oxygen atoms in total. The Bertz CT molecular complexity index is 1090. The second-order valence-electron chi connectivity index (χ2n) is 7.20. The Labute approximate surface area is 181 Å². The molecule has 11 heteroatoms. The molecule has 3 aromatic rings. The number of benzene rings is 1. The molecule has 3 heterocycles. The van der Waals surface area contributed by atoms with E-state index in [0.29, 0.717) is 23.8 Å². The molecule has 4 rings (SSSR count). The summed E-state index contributed by atoms with van der Waals surface area (Å²) in [6.07, 6.45) is 2.21. The van der Waals surface area contributed by atoms with Crippen LogP contribution < -0.4 is 20.1 Å². The number of anilines is 2. The molecule has 2 N–H and O–H groups in total. The molecule has 2 aromatic heterocycles. The van der Waals surface area contributed by atoms with Crippen LogP contribution in [0.1, 0.15) is 13.3 Å². The average molecular weight is 454 g/mol. The molecule has 31 heavy (non-hydrogen) atoms. The number of ether oxygens (including phenoxy) is 2. The van der Waals surface area contributed by atoms with Gasteiger partial charge < -0.3 is 20.1 Å². The monoisotopic (exact) mass is 453 g/mol. The Morgan fingerprint density at radius 2 is 2.10 bits per heavy atom. The highest BCUT2D eigenvalue weighted by Crippen LogP contribution is 2.35. The van der Waals surface area contributed by atoms with Gasteiger partial charge in [-0.2, -0.15) is 0 Å². The number of nitrogens with one attached hydrogen (secondary N) is 2. The molecular weight excluding hydrogens is 435 g/mol. The third-order valence-electron chi connectivity index (χ3n) is 4.54. The largest absolute Gasteiger partial charge is 0.486 e. The van der Waals surface area contributed by atoms with E-state index in [1.165, 1.54) is 18.5 Å². The van der Waals surface area contributed by atoms with E-state index in [9.17, 15) is 13.2 Å². The Morgan fingerprint density at radius 3 is 2.84 bits per heavy atom. The summed E-state index contributed by atoms with van der Waals surface area (Å²) in [7, 11) is 0. The minimum atomic E-state index is -3.07. The smallest absolute Gasteiger partial charge is 0.278 e. The summed E-state index contributed by atoms with van der Waals surface area (Å²) in [5, 5.41) is 5.62. The molecule has 1 saturated heterocycles. The van der Waals surface area contributed by atoms with Gasteiger partial charge in [-0.25, -0.2) is 28.1 Å². The van der Waals surface area contributed by atoms with Gasteiger partial charge in [0.25, 0.3) is 5.92 Å². The highest BCUT2D eigenvalue weighted by Gasteiger charge is 2.24. The van der Waals surface area contributed by atoms with Crippen LogP contribution in [0.15, 0.2) is 30.6 Å². The summed E-state index contributed by atoms with van der Waals surface area (Å²) in [5.74, 6) is -3.48. The first-order valence-electron chi connectivity index (χ1n) is 9.55. The van der Waals surface area contributed by atoms with E-state index >= 15 is 0 Å². The maximum Gasteiger partial charge on any atom is 0.278 e. The van der Waals surface area contributed by atoms with Crippen molar-refractivity contribution >= 4 is 34.1 Å². The molecule has 0 unspecified atom stereocenters. The lowest BCUT2D eigenvalue weighted by molar-refractivity contribution is -0.0230. The first-order chi connectivity index (χ1) is 14.8. The quantitative estimate of drug-likeness (QED) is 0.551. The van der Waals surface area contributed by atoms with Crippen LogP contribution in [0.5, 0.6) is 11.6 Å². The first-order valence-corrected chi connectivity index (χ1v) is 9.93. The van der Waals surface area contributed by atoms with E-state index in [1.807, 2.05) is 0 Å². The maximum absolute atomic E-state index is 14.8. The van der Waals surface area contributed by atoms with E-state index < -0.39 is 23.4 Å². The van der Waals surface area contributed by atoms with Crippen LogP contribution in [0.3, 0.4) is 0 Å². The normalized spacial score (nSPS) is 16.5. The summed E-state index contributed by atoms with van der Waals surface area (Å²) in [6, 6.07) is 6.07. The molecule has 1 fully saturated rings. The lowest BCUT2D eigenvalue weighted by Gasteiger charge is -2.15. The van der Waals surface area contributed by atoms with Gasteiger partial charge in [-0.05, 0) is 31.2 Å². The lowest BCUT2D eigenvalue weighted by Crippen LogP contribution is -2.21. The summed E-state index contributed by atoms with van der Waals surface area (Å²) in [5.41, 5.74) is 0.896. The number of alkyl halides is 2. The molecule has 0 saturated carbocycles. The van der Waals surface area contributed by atoms with E-state index in [0.717, 1.165) is 19.5 Å². The number of pyridine rings is 1. The van der Waals surface area contributed by atoms with Crippen molar-refractivity contribution in [3.63, 3.8) is 0 Å². The molecule has 0 aliphatic carbocycles. The van der Waals surface area contributed by atoms with Crippen molar-refractivity contribution < 1.29 is 22.6 Å². The van der Waals surface area contributed by atoms with Crippen LogP contribution >= 0.6 is 11.6 Å². The summed E-state index contributed by atoms with van der Waals surface area (Å²) in [6.45, 7) is 1.39. The van der Waals surface area contributed by atoms with Gasteiger partial charge in [-0.15, -0.1) is 0 Å². The summed E-state index contributed by atoms with van der Waals surface area (Å²) >= 11 is 5.97. The molecule has 1 atom stereocenters. The minimum Gasteiger partial charge on any atom is -0.486 e. The van der Waals surface area contributed by atoms with Crippen LogP contribution in [-0.2, 0) is 0 Å². The van der Waals surface area contributed by atoms with E-state index in [1.54, 1.807) is 12.1 Å². The van der Waals surface area contributed by atoms with Gasteiger partial charge in [0.1, 0.15) is 28.7 Å². The van der Waals surface area contributed by atoms with Crippen molar-refractivity contribution in [1.82, 2.24) is 20.3 Å². The topological polar surface area (TPSA) is 81.2 Å². The van der Waals surface area contributed by atoms with Crippen molar-refractivity contribution in [2.45, 2.75) is 25.4 Å². The number of nitrogens with zero attached hydrogens (tertiary/aromatic N) is 3. The van der Waals surface area contributed by atoms with Crippen LogP contribution in [0.2, 0.25) is 5.02 Å². The molecule has 0 radical (unpaired) electrons. The fourth-order valence-electron chi connectivity index (χ4n) is 3.05. The predicted octanol–water partition coefficient (Wildman–Crippen LogP) is 4.34. The van der Waals surface area contributed by atoms with Crippen LogP contribution in [0.25, 0.3) is 11.0 Å². The zero-order valence-electron chi connectivity index (χ0n) is 16.5. The van der Waals surface area contributed by atoms with Crippen LogP contribution in [0.4, 0.5) is 24.7 Å². The first kappa shape index (κ1) is 21.4. The van der Waals surface area contributed by atoms with Crippen molar-refractivity contribution in [2.75, 3.05) is 25.0 Å². The van der Waals surface area contributed by atoms with Crippen molar-refractivity contribution in [2.24, 2.45) is 0 Å². The number of fused-ring (bicyclic) bond motifs is 1. The Hall–Kier alpha value is -2.85. The van der Waals surface area contributed by atoms with Crippen molar-refractivity contribution in [3.05, 3.63) is 41.4 Å². The van der Waals surface area contributed by atoms with Crippen molar-refractivity contribution in [3.8, 4) is 11.6 Å². The zero-order chi connectivity index (χ0) is 22.0. The third-order valence-corrected chi connectivity index (χ3v) is 4.89. The highest BCUT2D eigenvalue weighted by atomic mass is 35.5. The number of rotatable bonds is 7. The Morgan fingerprint density at radius 1 is 1.26 bits per heavy atom. The predicted molar refractivity (Wildman–Crippen MR) is 110 cm³/mol. The fraction of sp³-hybridized carbons (Fsp3) is 0.350. The molecule has 0 amide bonds. The highest BCUT2D eigenvalue weighted by molar-refractivity contribution is 6.32. The second kappa shape index (κ2) is 8.72. The molecule has 0 spiro atoms. The summed E-state index contributed by atoms with van der Waals surface area (Å²) in [4.78, 5) is 12.8. The lowest BCUT2D eigenvalue weighted by atomic mass is 10.2. The SMILES string of the molecule is CC(F)(F)COc1ccc(Nc2ncnc3ccc(O[C@H]4CCNC4)nc23)c(F)c1Cl. The molecule has 164 valence electrons. The van der Waals surface area contributed by atoms with Gasteiger partial charge in [-0.3, -0.25) is 0 Å². The third kappa shape index (κ3) is 5.08. The van der Waals surface area contributed by atoms with Crippen LogP contribution in [-0.4, -0.2) is 46.7 Å². The fourth-order valence-corrected chi connectivity index (χ4v) is 3.27. The number of aromatic nitrogens is 3. The van der Waals surface area contributed by atoms with E-state index in [4.69, 9.17) is 21.1 Å².